The lowest BCUT2D eigenvalue weighted by Crippen LogP contribution is -2.39. The molecule has 33 heavy (non-hydrogen) atoms. The number of fused-ring (bicyclic) bond motifs is 1. The summed E-state index contributed by atoms with van der Waals surface area (Å²) in [6.07, 6.45) is 4.21. The van der Waals surface area contributed by atoms with Crippen LogP contribution in [0.3, 0.4) is 0 Å². The number of aliphatic hydroxyl groups excluding tert-OH is 1. The molecular weight excluding hydrogens is 414 g/mol. The quantitative estimate of drug-likeness (QED) is 0.491. The van der Waals surface area contributed by atoms with Gasteiger partial charge in [0.2, 0.25) is 5.91 Å². The second-order valence-electron chi connectivity index (χ2n) is 9.88. The first-order chi connectivity index (χ1) is 15.9. The van der Waals surface area contributed by atoms with Gasteiger partial charge in [-0.2, -0.15) is 0 Å². The van der Waals surface area contributed by atoms with Gasteiger partial charge in [-0.1, -0.05) is 49.7 Å². The van der Waals surface area contributed by atoms with Crippen molar-refractivity contribution in [2.45, 2.75) is 64.6 Å². The molecular formula is C27H35N3O3. The molecule has 6 heteroatoms. The van der Waals surface area contributed by atoms with E-state index >= 15 is 0 Å². The molecule has 0 spiro atoms. The number of nitrogens with zero attached hydrogens (tertiary/aromatic N) is 1. The van der Waals surface area contributed by atoms with E-state index in [2.05, 4.69) is 52.5 Å². The predicted molar refractivity (Wildman–Crippen MR) is 130 cm³/mol. The Hall–Kier alpha value is -2.70. The van der Waals surface area contributed by atoms with Gasteiger partial charge in [0, 0.05) is 6.54 Å². The summed E-state index contributed by atoms with van der Waals surface area (Å²) < 4.78 is 5.62. The van der Waals surface area contributed by atoms with Crippen LogP contribution in [0.1, 0.15) is 61.9 Å². The Balaban J connectivity index is 1.29. The molecule has 1 heterocycles. The van der Waals surface area contributed by atoms with Gasteiger partial charge in [-0.05, 0) is 67.2 Å². The average Bonchev–Trinajstić information content (AvgIpc) is 3.18. The minimum absolute atomic E-state index is 0.00693. The molecule has 3 atom stereocenters. The molecule has 0 saturated heterocycles. The van der Waals surface area contributed by atoms with E-state index in [0.29, 0.717) is 6.54 Å². The number of ether oxygens (including phenoxy) is 1. The van der Waals surface area contributed by atoms with E-state index in [-0.39, 0.29) is 36.6 Å². The number of benzene rings is 2. The Bertz CT molecular complexity index is 1060. The van der Waals surface area contributed by atoms with Crippen molar-refractivity contribution in [3.63, 3.8) is 0 Å². The van der Waals surface area contributed by atoms with Gasteiger partial charge in [-0.15, -0.1) is 0 Å². The van der Waals surface area contributed by atoms with Crippen LogP contribution in [0.15, 0.2) is 48.5 Å². The van der Waals surface area contributed by atoms with Gasteiger partial charge in [-0.25, -0.2) is 4.98 Å². The van der Waals surface area contributed by atoms with Crippen LogP contribution in [0.5, 0.6) is 0 Å². The molecule has 3 aromatic rings. The Labute approximate surface area is 195 Å². The van der Waals surface area contributed by atoms with Gasteiger partial charge < -0.3 is 20.1 Å². The average molecular weight is 450 g/mol. The number of nitrogens with one attached hydrogen (secondary N) is 2. The number of rotatable bonds is 7. The van der Waals surface area contributed by atoms with E-state index in [1.807, 2.05) is 25.1 Å². The number of aromatic nitrogens is 2. The minimum atomic E-state index is -0.259. The fraction of sp³-hybridized carbons (Fsp3) is 0.481. The number of carbonyl (C=O) groups excluding carboxylic acids is 1. The Morgan fingerprint density at radius 3 is 2.91 bits per heavy atom. The standard InChI is InChI=1S/C27H35N3O3/c1-19-10-11-23-24(13-19)30-25(29-23)16-33-17-26(32)28-18-27(2)12-6-9-22(31)14-21(15-27)20-7-4-3-5-8-20/h3-5,7-8,10-11,13,21-22,31H,6,9,12,14-18H2,1-2H3,(H,28,32)(H,29,30)/t21-,22+,27+/m0/s1. The molecule has 4 rings (SSSR count). The third-order valence-corrected chi connectivity index (χ3v) is 6.76. The summed E-state index contributed by atoms with van der Waals surface area (Å²) in [5.74, 6) is 0.901. The van der Waals surface area contributed by atoms with Crippen molar-refractivity contribution in [1.82, 2.24) is 15.3 Å². The summed E-state index contributed by atoms with van der Waals surface area (Å²) in [7, 11) is 0. The van der Waals surface area contributed by atoms with Crippen LogP contribution >= 0.6 is 0 Å². The highest BCUT2D eigenvalue weighted by Gasteiger charge is 2.32. The minimum Gasteiger partial charge on any atom is -0.393 e. The number of aliphatic hydroxyl groups is 1. The number of amides is 1. The molecule has 1 amide bonds. The van der Waals surface area contributed by atoms with Crippen molar-refractivity contribution in [3.8, 4) is 0 Å². The Kier molecular flexibility index (Phi) is 7.46. The first kappa shape index (κ1) is 23.5. The summed E-state index contributed by atoms with van der Waals surface area (Å²) in [4.78, 5) is 20.2. The second-order valence-corrected chi connectivity index (χ2v) is 9.88. The number of aryl methyl sites for hydroxylation is 1. The smallest absolute Gasteiger partial charge is 0.246 e. The topological polar surface area (TPSA) is 87.2 Å². The largest absolute Gasteiger partial charge is 0.393 e. The summed E-state index contributed by atoms with van der Waals surface area (Å²) in [6, 6.07) is 16.5. The molecule has 1 aliphatic rings. The molecule has 0 unspecified atom stereocenters. The molecule has 176 valence electrons. The van der Waals surface area contributed by atoms with E-state index < -0.39 is 0 Å². The predicted octanol–water partition coefficient (Wildman–Crippen LogP) is 4.62. The summed E-state index contributed by atoms with van der Waals surface area (Å²) in [6.45, 7) is 5.18. The molecule has 0 bridgehead atoms. The van der Waals surface area contributed by atoms with Crippen molar-refractivity contribution < 1.29 is 14.6 Å². The van der Waals surface area contributed by atoms with E-state index in [1.54, 1.807) is 0 Å². The third kappa shape index (κ3) is 6.42. The summed E-state index contributed by atoms with van der Waals surface area (Å²) in [5.41, 5.74) is 4.30. The van der Waals surface area contributed by atoms with Crippen LogP contribution in [0.4, 0.5) is 0 Å². The number of carbonyl (C=O) groups is 1. The maximum absolute atomic E-state index is 12.5. The highest BCUT2D eigenvalue weighted by Crippen LogP contribution is 2.40. The highest BCUT2D eigenvalue weighted by molar-refractivity contribution is 5.77. The van der Waals surface area contributed by atoms with E-state index in [4.69, 9.17) is 4.74 Å². The Morgan fingerprint density at radius 2 is 2.09 bits per heavy atom. The molecule has 1 saturated carbocycles. The van der Waals surface area contributed by atoms with Gasteiger partial charge in [0.1, 0.15) is 19.0 Å². The number of aromatic amines is 1. The van der Waals surface area contributed by atoms with Gasteiger partial charge in [-0.3, -0.25) is 4.79 Å². The molecule has 1 fully saturated rings. The van der Waals surface area contributed by atoms with Crippen LogP contribution in [0, 0.1) is 12.3 Å². The Morgan fingerprint density at radius 1 is 1.27 bits per heavy atom. The maximum atomic E-state index is 12.5. The SMILES string of the molecule is Cc1ccc2nc(COCC(=O)NC[C@]3(C)CCC[C@@H](O)C[C@H](c4ccccc4)C3)[nH]c2c1. The molecule has 2 aromatic carbocycles. The molecule has 0 radical (unpaired) electrons. The van der Waals surface area contributed by atoms with Gasteiger partial charge in [0.15, 0.2) is 0 Å². The van der Waals surface area contributed by atoms with Gasteiger partial charge >= 0.3 is 0 Å². The monoisotopic (exact) mass is 449 g/mol. The first-order valence-electron chi connectivity index (χ1n) is 11.9. The third-order valence-electron chi connectivity index (χ3n) is 6.76. The second kappa shape index (κ2) is 10.5. The molecule has 0 aliphatic heterocycles. The molecule has 3 N–H and O–H groups in total. The number of hydrogen-bond acceptors (Lipinski definition) is 4. The van der Waals surface area contributed by atoms with E-state index in [1.165, 1.54) is 11.1 Å². The summed E-state index contributed by atoms with van der Waals surface area (Å²) >= 11 is 0. The van der Waals surface area contributed by atoms with Crippen LogP contribution in [-0.4, -0.2) is 40.2 Å². The van der Waals surface area contributed by atoms with Gasteiger partial charge in [0.05, 0.1) is 17.1 Å². The lowest BCUT2D eigenvalue weighted by Gasteiger charge is -2.37. The van der Waals surface area contributed by atoms with Crippen LogP contribution in [0.25, 0.3) is 11.0 Å². The van der Waals surface area contributed by atoms with Gasteiger partial charge in [0.25, 0.3) is 0 Å². The van der Waals surface area contributed by atoms with Crippen molar-refractivity contribution in [2.24, 2.45) is 5.41 Å². The number of hydrogen-bond donors (Lipinski definition) is 3. The van der Waals surface area contributed by atoms with E-state index in [9.17, 15) is 9.90 Å². The van der Waals surface area contributed by atoms with Crippen molar-refractivity contribution >= 4 is 16.9 Å². The lowest BCUT2D eigenvalue weighted by atomic mass is 9.71. The molecule has 1 aliphatic carbocycles. The van der Waals surface area contributed by atoms with Crippen molar-refractivity contribution in [3.05, 3.63) is 65.5 Å². The fourth-order valence-electron chi connectivity index (χ4n) is 4.98. The van der Waals surface area contributed by atoms with Crippen molar-refractivity contribution in [1.29, 1.82) is 0 Å². The highest BCUT2D eigenvalue weighted by atomic mass is 16.5. The zero-order valence-corrected chi connectivity index (χ0v) is 19.6. The molecule has 6 nitrogen and oxygen atoms in total. The van der Waals surface area contributed by atoms with Crippen LogP contribution < -0.4 is 5.32 Å². The zero-order chi connectivity index (χ0) is 23.3. The van der Waals surface area contributed by atoms with Crippen LogP contribution in [-0.2, 0) is 16.1 Å². The number of H-pyrrole nitrogens is 1. The summed E-state index contributed by atoms with van der Waals surface area (Å²) in [5, 5.41) is 13.5. The first-order valence-corrected chi connectivity index (χ1v) is 11.9. The number of imidazole rings is 1. The van der Waals surface area contributed by atoms with Crippen LogP contribution in [0.2, 0.25) is 0 Å². The lowest BCUT2D eigenvalue weighted by molar-refractivity contribution is -0.126. The fourth-order valence-corrected chi connectivity index (χ4v) is 4.98. The zero-order valence-electron chi connectivity index (χ0n) is 19.6. The van der Waals surface area contributed by atoms with Crippen molar-refractivity contribution in [2.75, 3.05) is 13.2 Å². The van der Waals surface area contributed by atoms with E-state index in [0.717, 1.165) is 49.0 Å². The normalized spacial score (nSPS) is 23.7. The molecule has 1 aromatic heterocycles. The maximum Gasteiger partial charge on any atom is 0.246 e.